The van der Waals surface area contributed by atoms with Crippen LogP contribution in [0.2, 0.25) is 0 Å². The molecule has 0 spiro atoms. The predicted octanol–water partition coefficient (Wildman–Crippen LogP) is 8.89. The Bertz CT molecular complexity index is 788. The number of allylic oxidation sites excluding steroid dienone is 1. The van der Waals surface area contributed by atoms with Crippen molar-refractivity contribution in [2.75, 3.05) is 19.8 Å². The van der Waals surface area contributed by atoms with E-state index in [4.69, 9.17) is 14.2 Å². The summed E-state index contributed by atoms with van der Waals surface area (Å²) in [5.41, 5.74) is 3.48. The fourth-order valence-corrected chi connectivity index (χ4v) is 4.45. The molecule has 0 N–H and O–H groups in total. The number of hydrogen-bond donors (Lipinski definition) is 0. The monoisotopic (exact) mass is 464 g/mol. The fourth-order valence-electron chi connectivity index (χ4n) is 4.45. The van der Waals surface area contributed by atoms with Gasteiger partial charge in [-0.05, 0) is 48.9 Å². The van der Waals surface area contributed by atoms with E-state index in [0.29, 0.717) is 5.92 Å². The highest BCUT2D eigenvalue weighted by Crippen LogP contribution is 2.30. The van der Waals surface area contributed by atoms with Crippen molar-refractivity contribution in [2.24, 2.45) is 5.92 Å². The van der Waals surface area contributed by atoms with Crippen molar-refractivity contribution < 1.29 is 14.2 Å². The average molecular weight is 465 g/mol. The van der Waals surface area contributed by atoms with E-state index in [1.54, 1.807) is 0 Å². The highest BCUT2D eigenvalue weighted by molar-refractivity contribution is 5.64. The van der Waals surface area contributed by atoms with Gasteiger partial charge < -0.3 is 14.2 Å². The van der Waals surface area contributed by atoms with Crippen LogP contribution in [0.5, 0.6) is 5.75 Å². The molecule has 1 aliphatic heterocycles. The molecule has 3 nitrogen and oxygen atoms in total. The van der Waals surface area contributed by atoms with Gasteiger partial charge in [-0.15, -0.1) is 6.58 Å². The van der Waals surface area contributed by atoms with Crippen LogP contribution in [-0.2, 0) is 9.47 Å². The largest absolute Gasteiger partial charge is 0.494 e. The molecule has 1 aliphatic rings. The minimum atomic E-state index is -0.243. The van der Waals surface area contributed by atoms with E-state index < -0.39 is 0 Å². The second-order valence-electron chi connectivity index (χ2n) is 9.55. The van der Waals surface area contributed by atoms with Crippen LogP contribution in [-0.4, -0.2) is 19.8 Å². The van der Waals surface area contributed by atoms with Crippen molar-refractivity contribution in [1.82, 2.24) is 0 Å². The topological polar surface area (TPSA) is 27.7 Å². The van der Waals surface area contributed by atoms with Crippen LogP contribution < -0.4 is 4.74 Å². The van der Waals surface area contributed by atoms with Crippen molar-refractivity contribution in [2.45, 2.75) is 83.8 Å². The molecule has 0 amide bonds. The molecule has 34 heavy (non-hydrogen) atoms. The maximum atomic E-state index is 6.06. The van der Waals surface area contributed by atoms with Gasteiger partial charge >= 0.3 is 0 Å². The maximum Gasteiger partial charge on any atom is 0.183 e. The van der Waals surface area contributed by atoms with Crippen LogP contribution >= 0.6 is 0 Å². The minimum Gasteiger partial charge on any atom is -0.494 e. The zero-order chi connectivity index (χ0) is 23.8. The van der Waals surface area contributed by atoms with Crippen LogP contribution in [0.15, 0.2) is 61.2 Å². The van der Waals surface area contributed by atoms with Crippen molar-refractivity contribution in [3.63, 3.8) is 0 Å². The van der Waals surface area contributed by atoms with Crippen LogP contribution in [0.3, 0.4) is 0 Å². The molecular weight excluding hydrogens is 420 g/mol. The lowest BCUT2D eigenvalue weighted by atomic mass is 10.0. The fraction of sp³-hybridized carbons (Fsp3) is 0.548. The first-order valence-corrected chi connectivity index (χ1v) is 13.5. The first-order chi connectivity index (χ1) is 16.8. The number of hydrogen-bond acceptors (Lipinski definition) is 3. The maximum absolute atomic E-state index is 6.06. The standard InChI is InChI=1S/C31H44O3/c1-3-5-7-9-10-11-12-14-26-24-33-31(34-25-26)29-17-15-27(16-18-29)28-19-21-30(22-20-28)32-23-13-8-6-4-2/h3,15-22,26,31H,1,4-14,23-25H2,2H3/t26-,31-. The molecule has 0 unspecified atom stereocenters. The molecule has 2 aromatic rings. The summed E-state index contributed by atoms with van der Waals surface area (Å²) < 4.78 is 18.0. The summed E-state index contributed by atoms with van der Waals surface area (Å²) in [6.45, 7) is 8.40. The zero-order valence-electron chi connectivity index (χ0n) is 21.2. The molecule has 0 atom stereocenters. The number of benzene rings is 2. The van der Waals surface area contributed by atoms with Crippen LogP contribution in [0.4, 0.5) is 0 Å². The molecule has 1 saturated heterocycles. The van der Waals surface area contributed by atoms with Gasteiger partial charge in [-0.25, -0.2) is 0 Å². The SMILES string of the molecule is C=CCCCCCCC[C@H]1CO[C@H](c2ccc(-c3ccc(OCCCCCC)cc3)cc2)OC1. The number of unbranched alkanes of at least 4 members (excludes halogenated alkanes) is 8. The van der Waals surface area contributed by atoms with Crippen molar-refractivity contribution in [3.05, 3.63) is 66.7 Å². The van der Waals surface area contributed by atoms with Gasteiger partial charge in [0.15, 0.2) is 6.29 Å². The van der Waals surface area contributed by atoms with E-state index in [1.807, 2.05) is 6.08 Å². The molecule has 186 valence electrons. The summed E-state index contributed by atoms with van der Waals surface area (Å²) in [5.74, 6) is 1.47. The molecule has 1 heterocycles. The van der Waals surface area contributed by atoms with Crippen LogP contribution in [0.25, 0.3) is 11.1 Å². The van der Waals surface area contributed by atoms with Gasteiger partial charge in [0.25, 0.3) is 0 Å². The second-order valence-corrected chi connectivity index (χ2v) is 9.55. The first kappa shape index (κ1) is 26.5. The Morgan fingerprint density at radius 2 is 1.41 bits per heavy atom. The third kappa shape index (κ3) is 9.27. The molecule has 0 bridgehead atoms. The van der Waals surface area contributed by atoms with Crippen molar-refractivity contribution >= 4 is 0 Å². The third-order valence-corrected chi connectivity index (χ3v) is 6.62. The summed E-state index contributed by atoms with van der Waals surface area (Å²) >= 11 is 0. The number of ether oxygens (including phenoxy) is 3. The van der Waals surface area contributed by atoms with Gasteiger partial charge in [0.2, 0.25) is 0 Å². The average Bonchev–Trinajstić information content (AvgIpc) is 2.89. The summed E-state index contributed by atoms with van der Waals surface area (Å²) in [6, 6.07) is 17.0. The van der Waals surface area contributed by atoms with E-state index in [1.165, 1.54) is 68.9 Å². The lowest BCUT2D eigenvalue weighted by Crippen LogP contribution is -2.27. The van der Waals surface area contributed by atoms with Crippen molar-refractivity contribution in [1.29, 1.82) is 0 Å². The Balaban J connectivity index is 1.36. The summed E-state index contributed by atoms with van der Waals surface area (Å²) in [7, 11) is 0. The Hall–Kier alpha value is -2.10. The van der Waals surface area contributed by atoms with Crippen LogP contribution in [0.1, 0.15) is 89.4 Å². The molecular formula is C31H44O3. The predicted molar refractivity (Wildman–Crippen MR) is 142 cm³/mol. The molecule has 2 aromatic carbocycles. The van der Waals surface area contributed by atoms with Gasteiger partial charge in [0.05, 0.1) is 19.8 Å². The smallest absolute Gasteiger partial charge is 0.183 e. The molecule has 0 aliphatic carbocycles. The summed E-state index contributed by atoms with van der Waals surface area (Å²) in [6.07, 6.45) is 15.5. The Kier molecular flexibility index (Phi) is 12.3. The molecule has 0 aromatic heterocycles. The van der Waals surface area contributed by atoms with E-state index in [-0.39, 0.29) is 6.29 Å². The molecule has 1 fully saturated rings. The quantitative estimate of drug-likeness (QED) is 0.183. The molecule has 3 rings (SSSR count). The first-order valence-electron chi connectivity index (χ1n) is 13.5. The van der Waals surface area contributed by atoms with Crippen LogP contribution in [0, 0.1) is 5.92 Å². The Labute approximate surface area is 207 Å². The van der Waals surface area contributed by atoms with E-state index in [2.05, 4.69) is 62.0 Å². The normalized spacial score (nSPS) is 18.0. The zero-order valence-corrected chi connectivity index (χ0v) is 21.2. The van der Waals surface area contributed by atoms with Gasteiger partial charge in [-0.2, -0.15) is 0 Å². The van der Waals surface area contributed by atoms with E-state index >= 15 is 0 Å². The molecule has 0 radical (unpaired) electrons. The van der Waals surface area contributed by atoms with Gasteiger partial charge in [0, 0.05) is 11.5 Å². The highest BCUT2D eigenvalue weighted by atomic mass is 16.7. The van der Waals surface area contributed by atoms with E-state index in [0.717, 1.165) is 44.0 Å². The molecule has 3 heteroatoms. The summed E-state index contributed by atoms with van der Waals surface area (Å²) in [5, 5.41) is 0. The minimum absolute atomic E-state index is 0.243. The lowest BCUT2D eigenvalue weighted by Gasteiger charge is -2.29. The second kappa shape index (κ2) is 15.7. The van der Waals surface area contributed by atoms with Gasteiger partial charge in [0.1, 0.15) is 5.75 Å². The van der Waals surface area contributed by atoms with Gasteiger partial charge in [-0.3, -0.25) is 0 Å². The van der Waals surface area contributed by atoms with E-state index in [9.17, 15) is 0 Å². The lowest BCUT2D eigenvalue weighted by molar-refractivity contribution is -0.206. The van der Waals surface area contributed by atoms with Crippen molar-refractivity contribution in [3.8, 4) is 16.9 Å². The Morgan fingerprint density at radius 1 is 0.794 bits per heavy atom. The number of rotatable bonds is 16. The van der Waals surface area contributed by atoms with Gasteiger partial charge in [-0.1, -0.05) is 94.3 Å². The Morgan fingerprint density at radius 3 is 2.09 bits per heavy atom. The highest BCUT2D eigenvalue weighted by Gasteiger charge is 2.23. The molecule has 0 saturated carbocycles. The third-order valence-electron chi connectivity index (χ3n) is 6.62. The summed E-state index contributed by atoms with van der Waals surface area (Å²) in [4.78, 5) is 0.